The fourth-order valence-corrected chi connectivity index (χ4v) is 5.06. The Hall–Kier alpha value is -4.25. The van der Waals surface area contributed by atoms with E-state index in [0.717, 1.165) is 17.3 Å². The molecule has 4 aromatic heterocycles. The minimum Gasteiger partial charge on any atom is -0.481 e. The Morgan fingerprint density at radius 1 is 1.21 bits per heavy atom. The van der Waals surface area contributed by atoms with Gasteiger partial charge in [-0.1, -0.05) is 22.9 Å². The fourth-order valence-electron chi connectivity index (χ4n) is 4.92. The second-order valence-electron chi connectivity index (χ2n) is 9.51. The maximum Gasteiger partial charge on any atom is 0.305 e. The molecular formula is C26H23ClFN7O3. The lowest BCUT2D eigenvalue weighted by atomic mass is 10.1. The number of imidazole rings is 1. The van der Waals surface area contributed by atoms with Crippen LogP contribution in [0.4, 0.5) is 4.39 Å². The van der Waals surface area contributed by atoms with E-state index in [0.29, 0.717) is 30.6 Å². The summed E-state index contributed by atoms with van der Waals surface area (Å²) in [4.78, 5) is 27.7. The number of benzene rings is 1. The molecule has 1 aliphatic rings. The largest absolute Gasteiger partial charge is 0.481 e. The first-order valence-corrected chi connectivity index (χ1v) is 12.5. The molecule has 1 saturated carbocycles. The Morgan fingerprint density at radius 3 is 2.92 bits per heavy atom. The Kier molecular flexibility index (Phi) is 6.07. The van der Waals surface area contributed by atoms with Gasteiger partial charge in [-0.2, -0.15) is 0 Å². The zero-order valence-corrected chi connectivity index (χ0v) is 20.8. The van der Waals surface area contributed by atoms with Crippen molar-refractivity contribution >= 4 is 39.9 Å². The molecule has 0 aliphatic heterocycles. The van der Waals surface area contributed by atoms with Crippen LogP contribution in [0.25, 0.3) is 16.4 Å². The van der Waals surface area contributed by atoms with Crippen molar-refractivity contribution in [2.75, 3.05) is 0 Å². The minimum atomic E-state index is -0.814. The molecule has 0 radical (unpaired) electrons. The zero-order valence-electron chi connectivity index (χ0n) is 20.1. The summed E-state index contributed by atoms with van der Waals surface area (Å²) in [6.45, 7) is 1.10. The number of fused-ring (bicyclic) bond motifs is 2. The minimum absolute atomic E-state index is 0.0130. The number of hydrogen-bond donors (Lipinski definition) is 2. The van der Waals surface area contributed by atoms with Crippen molar-refractivity contribution < 1.29 is 19.1 Å². The number of aliphatic carboxylic acids is 1. The molecule has 0 saturated heterocycles. The van der Waals surface area contributed by atoms with Gasteiger partial charge in [0.25, 0.3) is 5.91 Å². The number of nitrogens with zero attached hydrogens (tertiary/aromatic N) is 6. The molecule has 6 rings (SSSR count). The van der Waals surface area contributed by atoms with Crippen molar-refractivity contribution in [2.24, 2.45) is 5.92 Å². The molecule has 0 bridgehead atoms. The smallest absolute Gasteiger partial charge is 0.305 e. The molecule has 12 heteroatoms. The summed E-state index contributed by atoms with van der Waals surface area (Å²) in [6, 6.07) is 9.75. The molecule has 1 aliphatic carbocycles. The Bertz CT molecular complexity index is 1690. The van der Waals surface area contributed by atoms with Gasteiger partial charge in [-0.3, -0.25) is 14.3 Å². The maximum atomic E-state index is 14.4. The monoisotopic (exact) mass is 535 g/mol. The molecular weight excluding hydrogens is 513 g/mol. The number of carboxylic acids is 1. The standard InChI is InChI=1S/C26H23ClFN7O3/c27-19-4-7-34-14-30-20(25(34)24(19)28)11-29-26(38)21-13-35(32-31-21)12-17-10-18(17)15-1-2-22-16(9-15)3-6-33(22)8-5-23(36)37/h1-4,6-7,9,13-14,17-18H,5,8,10-12H2,(H,29,38)(H,36,37). The van der Waals surface area contributed by atoms with Crippen LogP contribution in [0.15, 0.2) is 55.2 Å². The predicted molar refractivity (Wildman–Crippen MR) is 136 cm³/mol. The number of carbonyl (C=O) groups is 2. The SMILES string of the molecule is O=C(O)CCn1ccc2cc(C3CC3Cn3cc(C(=O)NCc4ncn5ccc(Cl)c(F)c45)nn3)ccc21. The van der Waals surface area contributed by atoms with Crippen LogP contribution in [0.2, 0.25) is 5.02 Å². The van der Waals surface area contributed by atoms with Gasteiger partial charge in [0.05, 0.1) is 36.2 Å². The summed E-state index contributed by atoms with van der Waals surface area (Å²) in [5.74, 6) is -1.06. The van der Waals surface area contributed by atoms with Gasteiger partial charge in [0, 0.05) is 31.0 Å². The van der Waals surface area contributed by atoms with E-state index in [1.54, 1.807) is 17.1 Å². The Morgan fingerprint density at radius 2 is 2.08 bits per heavy atom. The van der Waals surface area contributed by atoms with E-state index in [-0.39, 0.29) is 29.2 Å². The third kappa shape index (κ3) is 4.60. The van der Waals surface area contributed by atoms with E-state index >= 15 is 0 Å². The van der Waals surface area contributed by atoms with E-state index < -0.39 is 17.7 Å². The van der Waals surface area contributed by atoms with Crippen molar-refractivity contribution in [2.45, 2.75) is 38.4 Å². The molecule has 0 spiro atoms. The molecule has 5 aromatic rings. The van der Waals surface area contributed by atoms with Gasteiger partial charge < -0.3 is 19.4 Å². The molecule has 38 heavy (non-hydrogen) atoms. The van der Waals surface area contributed by atoms with E-state index in [1.807, 2.05) is 22.9 Å². The van der Waals surface area contributed by atoms with Crippen molar-refractivity contribution in [3.8, 4) is 0 Å². The third-order valence-electron chi connectivity index (χ3n) is 6.99. The molecule has 2 atom stereocenters. The van der Waals surface area contributed by atoms with Crippen molar-refractivity contribution in [1.82, 2.24) is 34.3 Å². The fraction of sp³-hybridized carbons (Fsp3) is 0.269. The topological polar surface area (TPSA) is 119 Å². The van der Waals surface area contributed by atoms with Crippen LogP contribution in [0, 0.1) is 11.7 Å². The summed E-state index contributed by atoms with van der Waals surface area (Å²) in [7, 11) is 0. The van der Waals surface area contributed by atoms with Gasteiger partial charge in [-0.15, -0.1) is 5.10 Å². The number of aromatic nitrogens is 6. The van der Waals surface area contributed by atoms with Crippen molar-refractivity contribution in [1.29, 1.82) is 0 Å². The number of amides is 1. The van der Waals surface area contributed by atoms with Gasteiger partial charge >= 0.3 is 5.97 Å². The maximum absolute atomic E-state index is 14.4. The summed E-state index contributed by atoms with van der Waals surface area (Å²) >= 11 is 5.88. The number of carboxylic acid groups (broad SMARTS) is 1. The molecule has 1 amide bonds. The van der Waals surface area contributed by atoms with Crippen LogP contribution < -0.4 is 5.32 Å². The van der Waals surface area contributed by atoms with E-state index in [2.05, 4.69) is 32.7 Å². The highest BCUT2D eigenvalue weighted by molar-refractivity contribution is 6.31. The Labute approximate surface area is 220 Å². The highest BCUT2D eigenvalue weighted by Gasteiger charge is 2.39. The lowest BCUT2D eigenvalue weighted by Crippen LogP contribution is -2.23. The number of hydrogen-bond acceptors (Lipinski definition) is 5. The van der Waals surface area contributed by atoms with Gasteiger partial charge in [0.15, 0.2) is 11.5 Å². The summed E-state index contributed by atoms with van der Waals surface area (Å²) in [5.41, 5.74) is 3.01. The number of aryl methyl sites for hydroxylation is 1. The average molecular weight is 536 g/mol. The summed E-state index contributed by atoms with van der Waals surface area (Å²) in [5, 5.41) is 20.8. The van der Waals surface area contributed by atoms with Crippen LogP contribution >= 0.6 is 11.6 Å². The number of nitrogens with one attached hydrogen (secondary N) is 1. The summed E-state index contributed by atoms with van der Waals surface area (Å²) < 4.78 is 19.6. The average Bonchev–Trinajstić information content (AvgIpc) is 3.24. The zero-order chi connectivity index (χ0) is 26.4. The van der Waals surface area contributed by atoms with E-state index in [4.69, 9.17) is 16.7 Å². The second kappa shape index (κ2) is 9.56. The van der Waals surface area contributed by atoms with Gasteiger partial charge in [-0.25, -0.2) is 9.37 Å². The lowest BCUT2D eigenvalue weighted by Gasteiger charge is -2.05. The molecule has 2 unspecified atom stereocenters. The van der Waals surface area contributed by atoms with Crippen molar-refractivity contribution in [3.63, 3.8) is 0 Å². The normalized spacial score (nSPS) is 16.8. The lowest BCUT2D eigenvalue weighted by molar-refractivity contribution is -0.137. The first-order valence-electron chi connectivity index (χ1n) is 12.2. The highest BCUT2D eigenvalue weighted by atomic mass is 35.5. The molecule has 4 heterocycles. The van der Waals surface area contributed by atoms with Gasteiger partial charge in [-0.05, 0) is 53.5 Å². The number of halogens is 2. The number of carbonyl (C=O) groups excluding carboxylic acids is 1. The first-order chi connectivity index (χ1) is 18.4. The molecule has 1 fully saturated rings. The predicted octanol–water partition coefficient (Wildman–Crippen LogP) is 3.88. The van der Waals surface area contributed by atoms with Crippen LogP contribution in [0.3, 0.4) is 0 Å². The third-order valence-corrected chi connectivity index (χ3v) is 7.28. The van der Waals surface area contributed by atoms with Gasteiger partial charge in [0.1, 0.15) is 5.52 Å². The molecule has 10 nitrogen and oxygen atoms in total. The van der Waals surface area contributed by atoms with Crippen LogP contribution in [0.1, 0.15) is 40.5 Å². The molecule has 2 N–H and O–H groups in total. The van der Waals surface area contributed by atoms with E-state index in [1.165, 1.54) is 22.4 Å². The summed E-state index contributed by atoms with van der Waals surface area (Å²) in [6.07, 6.45) is 7.69. The van der Waals surface area contributed by atoms with Gasteiger partial charge in [0.2, 0.25) is 0 Å². The first kappa shape index (κ1) is 24.1. The number of pyridine rings is 1. The van der Waals surface area contributed by atoms with Crippen LogP contribution in [-0.2, 0) is 24.4 Å². The van der Waals surface area contributed by atoms with Crippen LogP contribution in [0.5, 0.6) is 0 Å². The molecule has 194 valence electrons. The number of rotatable bonds is 9. The highest BCUT2D eigenvalue weighted by Crippen LogP contribution is 2.48. The molecule has 1 aromatic carbocycles. The van der Waals surface area contributed by atoms with Crippen LogP contribution in [-0.4, -0.2) is 45.9 Å². The van der Waals surface area contributed by atoms with Crippen molar-refractivity contribution in [3.05, 3.63) is 83.0 Å². The van der Waals surface area contributed by atoms with E-state index in [9.17, 15) is 14.0 Å². The second-order valence-corrected chi connectivity index (χ2v) is 9.91. The quantitative estimate of drug-likeness (QED) is 0.295. The Balaban J connectivity index is 1.06.